The van der Waals surface area contributed by atoms with E-state index >= 15 is 0 Å². The van der Waals surface area contributed by atoms with Crippen molar-refractivity contribution in [2.45, 2.75) is 66.2 Å². The Bertz CT molecular complexity index is 2430. The van der Waals surface area contributed by atoms with Crippen molar-refractivity contribution in [2.24, 2.45) is 0 Å². The van der Waals surface area contributed by atoms with Crippen LogP contribution in [0.5, 0.6) is 0 Å². The zero-order valence-corrected chi connectivity index (χ0v) is 40.0. The topological polar surface area (TPSA) is 58.2 Å². The molecule has 8 rings (SSSR count). The number of benzene rings is 6. The van der Waals surface area contributed by atoms with Gasteiger partial charge < -0.3 is 10.5 Å². The number of fused-ring (bicyclic) bond motifs is 2. The number of carbonyl (C=O) groups is 2. The molecule has 2 N–H and O–H groups in total. The molecule has 4 nitrogen and oxygen atoms in total. The van der Waals surface area contributed by atoms with Crippen molar-refractivity contribution in [3.05, 3.63) is 181 Å². The first-order valence-electron chi connectivity index (χ1n) is 21.4. The van der Waals surface area contributed by atoms with Gasteiger partial charge in [-0.2, -0.15) is 0 Å². The quantitative estimate of drug-likeness (QED) is 0.0947. The SMILES string of the molecule is CCC(=O)N[B]NC(=O)CC.CCCc1ccccc1-c1cccc2[cH-]c(-c3ccccc3)cc12.CCCc1ccccc1-c1cccc2[cH-]c(-c3ccccc3)cc12.[Cl][Zr+2][Cl]. The summed E-state index contributed by atoms with van der Waals surface area (Å²) < 4.78 is 0. The van der Waals surface area contributed by atoms with Crippen molar-refractivity contribution in [3.8, 4) is 44.5 Å². The predicted octanol–water partition coefficient (Wildman–Crippen LogP) is 14.6. The number of halogens is 2. The van der Waals surface area contributed by atoms with Crippen LogP contribution in [-0.2, 0) is 43.3 Å². The minimum atomic E-state index is -0.826. The van der Waals surface area contributed by atoms with Gasteiger partial charge in [-0.1, -0.05) is 196 Å². The first-order chi connectivity index (χ1) is 30.3. The molecule has 0 aromatic heterocycles. The summed E-state index contributed by atoms with van der Waals surface area (Å²) in [5.74, 6) is -0.220. The molecule has 0 saturated carbocycles. The van der Waals surface area contributed by atoms with Crippen molar-refractivity contribution in [1.82, 2.24) is 10.5 Å². The van der Waals surface area contributed by atoms with E-state index in [1.807, 2.05) is 0 Å². The summed E-state index contributed by atoms with van der Waals surface area (Å²) in [6.45, 7) is 7.97. The molecule has 0 saturated heterocycles. The van der Waals surface area contributed by atoms with E-state index in [-0.39, 0.29) is 11.8 Å². The molecule has 313 valence electrons. The van der Waals surface area contributed by atoms with Crippen molar-refractivity contribution in [3.63, 3.8) is 0 Å². The van der Waals surface area contributed by atoms with Gasteiger partial charge in [0, 0.05) is 12.8 Å². The van der Waals surface area contributed by atoms with Crippen LogP contribution in [0.4, 0.5) is 0 Å². The number of hydrogen-bond donors (Lipinski definition) is 2. The Balaban J connectivity index is 0.000000182. The fourth-order valence-corrected chi connectivity index (χ4v) is 7.48. The molecule has 0 atom stereocenters. The van der Waals surface area contributed by atoms with E-state index in [2.05, 4.69) is 194 Å². The van der Waals surface area contributed by atoms with Crippen molar-refractivity contribution < 1.29 is 30.4 Å². The number of nitrogens with one attached hydrogen (secondary N) is 2. The molecule has 8 aromatic rings. The number of rotatable bonds is 12. The summed E-state index contributed by atoms with van der Waals surface area (Å²) in [6.07, 6.45) is 5.42. The van der Waals surface area contributed by atoms with E-state index in [0.717, 1.165) is 12.8 Å². The van der Waals surface area contributed by atoms with Gasteiger partial charge >= 0.3 is 45.4 Å². The Morgan fingerprint density at radius 3 is 1.23 bits per heavy atom. The normalized spacial score (nSPS) is 10.2. The van der Waals surface area contributed by atoms with Gasteiger partial charge in [0.2, 0.25) is 11.8 Å². The van der Waals surface area contributed by atoms with Gasteiger partial charge in [-0.3, -0.25) is 9.59 Å². The van der Waals surface area contributed by atoms with Crippen LogP contribution in [-0.4, -0.2) is 19.4 Å². The number of hydrogen-bond acceptors (Lipinski definition) is 2. The zero-order chi connectivity index (χ0) is 44.1. The summed E-state index contributed by atoms with van der Waals surface area (Å²) >= 11 is -0.826. The Hall–Kier alpha value is -4.99. The summed E-state index contributed by atoms with van der Waals surface area (Å²) in [7, 11) is 11.1. The van der Waals surface area contributed by atoms with E-state index < -0.39 is 20.8 Å². The van der Waals surface area contributed by atoms with Gasteiger partial charge in [-0.25, -0.2) is 0 Å². The summed E-state index contributed by atoms with van der Waals surface area (Å²) in [6, 6.07) is 61.5. The third-order valence-electron chi connectivity index (χ3n) is 10.5. The van der Waals surface area contributed by atoms with E-state index in [4.69, 9.17) is 17.0 Å². The molecule has 8 aromatic carbocycles. The summed E-state index contributed by atoms with van der Waals surface area (Å²) in [5.41, 5.74) is 13.5. The van der Waals surface area contributed by atoms with Crippen molar-refractivity contribution in [2.75, 3.05) is 0 Å². The van der Waals surface area contributed by atoms with Crippen molar-refractivity contribution in [1.29, 1.82) is 0 Å². The molecule has 2 amide bonds. The molecular formula is C54H54BCl2N2O2Zr. The van der Waals surface area contributed by atoms with Crippen LogP contribution in [0.15, 0.2) is 170 Å². The Kier molecular flexibility index (Phi) is 20.0. The molecule has 0 spiro atoms. The van der Waals surface area contributed by atoms with Crippen LogP contribution in [0, 0.1) is 0 Å². The molecule has 62 heavy (non-hydrogen) atoms. The third kappa shape index (κ3) is 13.5. The first kappa shape index (κ1) is 48.0. The second-order valence-electron chi connectivity index (χ2n) is 14.7. The van der Waals surface area contributed by atoms with Gasteiger partial charge in [-0.05, 0) is 35.1 Å². The van der Waals surface area contributed by atoms with E-state index in [1.54, 1.807) is 13.8 Å². The maximum atomic E-state index is 10.6. The van der Waals surface area contributed by atoms with E-state index in [0.29, 0.717) is 12.8 Å². The number of amides is 2. The van der Waals surface area contributed by atoms with Crippen LogP contribution < -0.4 is 10.5 Å². The molecule has 0 unspecified atom stereocenters. The average Bonchev–Trinajstić information content (AvgIpc) is 3.97. The predicted molar refractivity (Wildman–Crippen MR) is 263 cm³/mol. The standard InChI is InChI=1S/2C24H21.C6H12BN2O2.2ClH.Zr/c2*1-2-9-19-12-6-7-14-22(19)23-15-8-13-20-16-21(17-24(20)23)18-10-4-3-5-11-18;1-3-5(10)8-7-9-6(11)4-2;;;/h2*3-8,10-17H,2,9H2,1H3;3-4H2,1-2H3,(H,8,10)(H,9,11);2*1H;/q2*-1;;;;+4/p-2. The van der Waals surface area contributed by atoms with E-state index in [1.165, 1.54) is 97.6 Å². The zero-order valence-electron chi connectivity index (χ0n) is 36.1. The summed E-state index contributed by atoms with van der Waals surface area (Å²) in [5, 5.41) is 10.1. The fraction of sp³-hybridized carbons (Fsp3) is 0.185. The third-order valence-corrected chi connectivity index (χ3v) is 10.5. The molecule has 1 radical (unpaired) electrons. The van der Waals surface area contributed by atoms with Crippen LogP contribution in [0.3, 0.4) is 0 Å². The van der Waals surface area contributed by atoms with Crippen LogP contribution in [0.1, 0.15) is 64.5 Å². The molecule has 8 heteroatoms. The maximum absolute atomic E-state index is 10.6. The van der Waals surface area contributed by atoms with Crippen molar-refractivity contribution >= 4 is 57.9 Å². The van der Waals surface area contributed by atoms with E-state index in [9.17, 15) is 9.59 Å². The molecular weight excluding hydrogens is 882 g/mol. The van der Waals surface area contributed by atoms with Gasteiger partial charge in [0.15, 0.2) is 0 Å². The van der Waals surface area contributed by atoms with Crippen LogP contribution >= 0.6 is 17.0 Å². The Labute approximate surface area is 387 Å². The monoisotopic (exact) mass is 933 g/mol. The second kappa shape index (κ2) is 25.8. The number of carbonyl (C=O) groups excluding carboxylic acids is 2. The van der Waals surface area contributed by atoms with Gasteiger partial charge in [0.25, 0.3) is 0 Å². The second-order valence-corrected chi connectivity index (χ2v) is 18.4. The molecule has 0 fully saturated rings. The van der Waals surface area contributed by atoms with Gasteiger partial charge in [0.1, 0.15) is 0 Å². The first-order valence-corrected chi connectivity index (χ1v) is 27.7. The van der Waals surface area contributed by atoms with Crippen LogP contribution in [0.2, 0.25) is 0 Å². The number of aryl methyl sites for hydroxylation is 2. The Morgan fingerprint density at radius 1 is 0.500 bits per heavy atom. The fourth-order valence-electron chi connectivity index (χ4n) is 7.48. The van der Waals surface area contributed by atoms with Gasteiger partial charge in [-0.15, -0.1) is 69.1 Å². The molecule has 0 aliphatic heterocycles. The molecule has 0 aliphatic carbocycles. The molecule has 0 heterocycles. The molecule has 0 bridgehead atoms. The van der Waals surface area contributed by atoms with Crippen LogP contribution in [0.25, 0.3) is 66.1 Å². The minimum absolute atomic E-state index is 0.110. The van der Waals surface area contributed by atoms with Gasteiger partial charge in [0.05, 0.1) is 0 Å². The molecule has 0 aliphatic rings. The summed E-state index contributed by atoms with van der Waals surface area (Å²) in [4.78, 5) is 21.2. The Morgan fingerprint density at radius 2 is 0.855 bits per heavy atom. The average molecular weight is 936 g/mol.